The van der Waals surface area contributed by atoms with Crippen molar-refractivity contribution in [2.45, 2.75) is 31.8 Å². The molecule has 13 heavy (non-hydrogen) atoms. The first kappa shape index (κ1) is 10.5. The number of likely N-dealkylation sites (tertiary alicyclic amines) is 1. The largest absolute Gasteiger partial charge is 0.388 e. The highest BCUT2D eigenvalue weighted by atomic mass is 16.3. The molecule has 1 fully saturated rings. The lowest BCUT2D eigenvalue weighted by Gasteiger charge is -2.36. The van der Waals surface area contributed by atoms with Crippen molar-refractivity contribution in [3.63, 3.8) is 0 Å². The molecule has 0 aromatic carbocycles. The standard InChI is InChI=1S/C9H18N2O2/c1-9(13)4-2-6-11(7-9)8(12)3-5-10/h13H,2-7,10H2,1H3. The molecule has 76 valence electrons. The molecule has 0 radical (unpaired) electrons. The Bertz CT molecular complexity index is 192. The van der Waals surface area contributed by atoms with Gasteiger partial charge in [-0.3, -0.25) is 4.79 Å². The molecule has 1 saturated heterocycles. The van der Waals surface area contributed by atoms with Gasteiger partial charge in [0.05, 0.1) is 5.60 Å². The Morgan fingerprint density at radius 2 is 2.38 bits per heavy atom. The van der Waals surface area contributed by atoms with Gasteiger partial charge in [-0.2, -0.15) is 0 Å². The maximum absolute atomic E-state index is 11.4. The van der Waals surface area contributed by atoms with Gasteiger partial charge < -0.3 is 15.7 Å². The Balaban J connectivity index is 2.47. The zero-order valence-corrected chi connectivity index (χ0v) is 8.12. The van der Waals surface area contributed by atoms with Crippen LogP contribution in [0.5, 0.6) is 0 Å². The van der Waals surface area contributed by atoms with Gasteiger partial charge >= 0.3 is 0 Å². The van der Waals surface area contributed by atoms with E-state index in [-0.39, 0.29) is 5.91 Å². The Morgan fingerprint density at radius 1 is 1.69 bits per heavy atom. The summed E-state index contributed by atoms with van der Waals surface area (Å²) in [6.07, 6.45) is 2.04. The normalized spacial score (nSPS) is 29.0. The number of aliphatic hydroxyl groups is 1. The molecule has 1 heterocycles. The van der Waals surface area contributed by atoms with Crippen molar-refractivity contribution in [3.05, 3.63) is 0 Å². The number of nitrogens with zero attached hydrogens (tertiary/aromatic N) is 1. The molecule has 1 aliphatic rings. The van der Waals surface area contributed by atoms with Gasteiger partial charge in [0, 0.05) is 26.1 Å². The topological polar surface area (TPSA) is 66.6 Å². The zero-order chi connectivity index (χ0) is 9.90. The van der Waals surface area contributed by atoms with Crippen molar-refractivity contribution >= 4 is 5.91 Å². The van der Waals surface area contributed by atoms with Gasteiger partial charge in [-0.25, -0.2) is 0 Å². The van der Waals surface area contributed by atoms with Crippen molar-refractivity contribution < 1.29 is 9.90 Å². The molecular formula is C9H18N2O2. The summed E-state index contributed by atoms with van der Waals surface area (Å²) in [5.74, 6) is 0.0578. The number of hydrogen-bond acceptors (Lipinski definition) is 3. The molecule has 0 aliphatic carbocycles. The third-order valence-electron chi connectivity index (χ3n) is 2.39. The smallest absolute Gasteiger partial charge is 0.223 e. The van der Waals surface area contributed by atoms with E-state index in [0.717, 1.165) is 19.4 Å². The van der Waals surface area contributed by atoms with Crippen LogP contribution in [-0.2, 0) is 4.79 Å². The molecule has 0 saturated carbocycles. The molecular weight excluding hydrogens is 168 g/mol. The summed E-state index contributed by atoms with van der Waals surface area (Å²) >= 11 is 0. The molecule has 0 spiro atoms. The lowest BCUT2D eigenvalue weighted by atomic mass is 9.95. The highest BCUT2D eigenvalue weighted by Gasteiger charge is 2.30. The number of β-amino-alcohol motifs (C(OH)–C–C–N with tert-alkyl or cyclic N) is 1. The van der Waals surface area contributed by atoms with E-state index >= 15 is 0 Å². The quantitative estimate of drug-likeness (QED) is 0.622. The van der Waals surface area contributed by atoms with Crippen LogP contribution in [0.1, 0.15) is 26.2 Å². The fourth-order valence-corrected chi connectivity index (χ4v) is 1.71. The average molecular weight is 186 g/mol. The van der Waals surface area contributed by atoms with E-state index < -0.39 is 5.60 Å². The molecule has 3 N–H and O–H groups in total. The second-order valence-corrected chi connectivity index (χ2v) is 3.95. The third kappa shape index (κ3) is 2.97. The van der Waals surface area contributed by atoms with Gasteiger partial charge in [0.1, 0.15) is 0 Å². The Morgan fingerprint density at radius 3 is 2.92 bits per heavy atom. The third-order valence-corrected chi connectivity index (χ3v) is 2.39. The Hall–Kier alpha value is -0.610. The first-order valence-corrected chi connectivity index (χ1v) is 4.75. The van der Waals surface area contributed by atoms with E-state index in [1.54, 1.807) is 11.8 Å². The van der Waals surface area contributed by atoms with Crippen molar-refractivity contribution in [2.75, 3.05) is 19.6 Å². The molecule has 1 atom stereocenters. The van der Waals surface area contributed by atoms with E-state index in [9.17, 15) is 9.90 Å². The summed E-state index contributed by atoms with van der Waals surface area (Å²) in [7, 11) is 0. The second kappa shape index (κ2) is 4.07. The first-order chi connectivity index (χ1) is 6.05. The minimum atomic E-state index is -0.706. The highest BCUT2D eigenvalue weighted by Crippen LogP contribution is 2.20. The summed E-state index contributed by atoms with van der Waals surface area (Å²) in [4.78, 5) is 13.1. The molecule has 4 nitrogen and oxygen atoms in total. The average Bonchev–Trinajstić information content (AvgIpc) is 2.03. The van der Waals surface area contributed by atoms with E-state index in [1.807, 2.05) is 0 Å². The maximum Gasteiger partial charge on any atom is 0.223 e. The predicted molar refractivity (Wildman–Crippen MR) is 50.1 cm³/mol. The van der Waals surface area contributed by atoms with Crippen molar-refractivity contribution in [1.82, 2.24) is 4.90 Å². The summed E-state index contributed by atoms with van der Waals surface area (Å²) in [6, 6.07) is 0. The number of carbonyl (C=O) groups is 1. The fourth-order valence-electron chi connectivity index (χ4n) is 1.71. The number of piperidine rings is 1. The van der Waals surface area contributed by atoms with Crippen LogP contribution < -0.4 is 5.73 Å². The summed E-state index contributed by atoms with van der Waals surface area (Å²) in [5, 5.41) is 9.74. The summed E-state index contributed by atoms with van der Waals surface area (Å²) in [6.45, 7) is 3.37. The number of carbonyl (C=O) groups excluding carboxylic acids is 1. The van der Waals surface area contributed by atoms with Gasteiger partial charge in [0.25, 0.3) is 0 Å². The summed E-state index contributed by atoms with van der Waals surface area (Å²) in [5.41, 5.74) is 4.59. The molecule has 4 heteroatoms. The highest BCUT2D eigenvalue weighted by molar-refractivity contribution is 5.76. The SMILES string of the molecule is CC1(O)CCCN(C(=O)CCN)C1. The molecule has 1 aliphatic heterocycles. The molecule has 1 rings (SSSR count). The minimum absolute atomic E-state index is 0.0578. The van der Waals surface area contributed by atoms with E-state index in [2.05, 4.69) is 0 Å². The van der Waals surface area contributed by atoms with Gasteiger partial charge in [-0.05, 0) is 19.8 Å². The fraction of sp³-hybridized carbons (Fsp3) is 0.889. The number of rotatable bonds is 2. The molecule has 0 aromatic rings. The van der Waals surface area contributed by atoms with Crippen LogP contribution in [0, 0.1) is 0 Å². The second-order valence-electron chi connectivity index (χ2n) is 3.95. The summed E-state index contributed by atoms with van der Waals surface area (Å²) < 4.78 is 0. The van der Waals surface area contributed by atoms with Gasteiger partial charge in [0.2, 0.25) is 5.91 Å². The van der Waals surface area contributed by atoms with Crippen LogP contribution in [0.15, 0.2) is 0 Å². The van der Waals surface area contributed by atoms with Gasteiger partial charge in [-0.1, -0.05) is 0 Å². The molecule has 1 amide bonds. The number of hydrogen-bond donors (Lipinski definition) is 2. The predicted octanol–water partition coefficient (Wildman–Crippen LogP) is -0.291. The van der Waals surface area contributed by atoms with Crippen molar-refractivity contribution in [2.24, 2.45) is 5.73 Å². The molecule has 0 bridgehead atoms. The lowest BCUT2D eigenvalue weighted by Crippen LogP contribution is -2.48. The molecule has 1 unspecified atom stereocenters. The van der Waals surface area contributed by atoms with Crippen LogP contribution in [0.4, 0.5) is 0 Å². The lowest BCUT2D eigenvalue weighted by molar-refractivity contribution is -0.137. The van der Waals surface area contributed by atoms with E-state index in [1.165, 1.54) is 0 Å². The Labute approximate surface area is 78.7 Å². The van der Waals surface area contributed by atoms with Crippen LogP contribution in [0.2, 0.25) is 0 Å². The van der Waals surface area contributed by atoms with Gasteiger partial charge in [0.15, 0.2) is 0 Å². The maximum atomic E-state index is 11.4. The van der Waals surface area contributed by atoms with Crippen LogP contribution in [-0.4, -0.2) is 41.1 Å². The van der Waals surface area contributed by atoms with Crippen LogP contribution >= 0.6 is 0 Å². The number of nitrogens with two attached hydrogens (primary N) is 1. The number of amides is 1. The van der Waals surface area contributed by atoms with Crippen molar-refractivity contribution in [3.8, 4) is 0 Å². The molecule has 0 aromatic heterocycles. The van der Waals surface area contributed by atoms with Crippen molar-refractivity contribution in [1.29, 1.82) is 0 Å². The van der Waals surface area contributed by atoms with Crippen LogP contribution in [0.3, 0.4) is 0 Å². The Kier molecular flexibility index (Phi) is 3.27. The monoisotopic (exact) mass is 186 g/mol. The van der Waals surface area contributed by atoms with E-state index in [0.29, 0.717) is 19.5 Å². The van der Waals surface area contributed by atoms with E-state index in [4.69, 9.17) is 5.73 Å². The zero-order valence-electron chi connectivity index (χ0n) is 8.12. The van der Waals surface area contributed by atoms with Gasteiger partial charge in [-0.15, -0.1) is 0 Å². The van der Waals surface area contributed by atoms with Crippen LogP contribution in [0.25, 0.3) is 0 Å². The minimum Gasteiger partial charge on any atom is -0.388 e. The first-order valence-electron chi connectivity index (χ1n) is 4.75.